The molecule has 0 aromatic heterocycles. The first-order valence-corrected chi connectivity index (χ1v) is 6.92. The molecule has 0 saturated heterocycles. The molecule has 0 atom stereocenters. The van der Waals surface area contributed by atoms with Gasteiger partial charge in [0.1, 0.15) is 11.6 Å². The van der Waals surface area contributed by atoms with E-state index in [0.717, 1.165) is 0 Å². The van der Waals surface area contributed by atoms with E-state index in [9.17, 15) is 14.3 Å². The standard InChI is InChI=1S/C14H9BrClFN2O2/c15-11-6-9(16)5-8(13(11)20)7-18-19-14(21)10-3-1-2-4-12(10)17/h1-7,20H,(H,19,21). The van der Waals surface area contributed by atoms with Crippen molar-refractivity contribution in [2.24, 2.45) is 5.10 Å². The molecule has 2 aromatic carbocycles. The van der Waals surface area contributed by atoms with Gasteiger partial charge >= 0.3 is 0 Å². The third-order valence-electron chi connectivity index (χ3n) is 2.55. The van der Waals surface area contributed by atoms with Crippen LogP contribution in [0.5, 0.6) is 5.75 Å². The van der Waals surface area contributed by atoms with Crippen molar-refractivity contribution >= 4 is 39.7 Å². The molecule has 0 spiro atoms. The van der Waals surface area contributed by atoms with Crippen molar-refractivity contribution in [1.82, 2.24) is 5.43 Å². The van der Waals surface area contributed by atoms with Crippen molar-refractivity contribution in [3.8, 4) is 5.75 Å². The maximum atomic E-state index is 13.4. The first-order chi connectivity index (χ1) is 9.99. The van der Waals surface area contributed by atoms with E-state index in [1.165, 1.54) is 36.5 Å². The highest BCUT2D eigenvalue weighted by Crippen LogP contribution is 2.30. The normalized spacial score (nSPS) is 10.8. The largest absolute Gasteiger partial charge is 0.506 e. The number of halogens is 3. The van der Waals surface area contributed by atoms with Crippen LogP contribution in [0.2, 0.25) is 5.02 Å². The highest BCUT2D eigenvalue weighted by molar-refractivity contribution is 9.10. The Morgan fingerprint density at radius 3 is 2.81 bits per heavy atom. The van der Waals surface area contributed by atoms with Crippen molar-refractivity contribution in [2.75, 3.05) is 0 Å². The van der Waals surface area contributed by atoms with Gasteiger partial charge in [-0.2, -0.15) is 5.10 Å². The van der Waals surface area contributed by atoms with E-state index in [1.54, 1.807) is 6.07 Å². The number of rotatable bonds is 3. The molecule has 7 heteroatoms. The predicted octanol–water partition coefficient (Wildman–Crippen LogP) is 3.71. The number of nitrogens with one attached hydrogen (secondary N) is 1. The maximum Gasteiger partial charge on any atom is 0.274 e. The first kappa shape index (κ1) is 15.5. The lowest BCUT2D eigenvalue weighted by Crippen LogP contribution is -2.18. The quantitative estimate of drug-likeness (QED) is 0.638. The maximum absolute atomic E-state index is 13.4. The fourth-order valence-electron chi connectivity index (χ4n) is 1.55. The number of carbonyl (C=O) groups excluding carboxylic acids is 1. The van der Waals surface area contributed by atoms with Crippen molar-refractivity contribution in [3.63, 3.8) is 0 Å². The van der Waals surface area contributed by atoms with Crippen LogP contribution in [0.3, 0.4) is 0 Å². The minimum atomic E-state index is -0.690. The summed E-state index contributed by atoms with van der Waals surface area (Å²) in [6, 6.07) is 8.54. The average Bonchev–Trinajstić information content (AvgIpc) is 2.44. The molecule has 2 aromatic rings. The highest BCUT2D eigenvalue weighted by atomic mass is 79.9. The highest BCUT2D eigenvalue weighted by Gasteiger charge is 2.10. The topological polar surface area (TPSA) is 61.7 Å². The molecule has 108 valence electrons. The van der Waals surface area contributed by atoms with Gasteiger partial charge in [0.2, 0.25) is 0 Å². The molecule has 4 nitrogen and oxygen atoms in total. The van der Waals surface area contributed by atoms with Gasteiger partial charge in [-0.25, -0.2) is 9.82 Å². The molecule has 0 unspecified atom stereocenters. The van der Waals surface area contributed by atoms with E-state index >= 15 is 0 Å². The smallest absolute Gasteiger partial charge is 0.274 e. The Morgan fingerprint density at radius 2 is 2.10 bits per heavy atom. The number of benzene rings is 2. The Labute approximate surface area is 133 Å². The zero-order valence-electron chi connectivity index (χ0n) is 10.5. The van der Waals surface area contributed by atoms with Crippen LogP contribution < -0.4 is 5.43 Å². The van der Waals surface area contributed by atoms with Crippen LogP contribution in [-0.4, -0.2) is 17.2 Å². The number of nitrogens with zero attached hydrogens (tertiary/aromatic N) is 1. The Bertz CT molecular complexity index is 722. The average molecular weight is 372 g/mol. The van der Waals surface area contributed by atoms with Crippen LogP contribution in [0, 0.1) is 5.82 Å². The Balaban J connectivity index is 2.13. The molecule has 21 heavy (non-hydrogen) atoms. The number of hydrogen-bond acceptors (Lipinski definition) is 3. The summed E-state index contributed by atoms with van der Waals surface area (Å²) in [6.45, 7) is 0. The van der Waals surface area contributed by atoms with Crippen LogP contribution in [-0.2, 0) is 0 Å². The molecule has 2 N–H and O–H groups in total. The summed E-state index contributed by atoms with van der Waals surface area (Å²) in [5, 5.41) is 13.8. The molecule has 0 radical (unpaired) electrons. The van der Waals surface area contributed by atoms with Crippen molar-refractivity contribution < 1.29 is 14.3 Å². The summed E-state index contributed by atoms with van der Waals surface area (Å²) in [5.74, 6) is -1.40. The summed E-state index contributed by atoms with van der Waals surface area (Å²) in [4.78, 5) is 11.7. The monoisotopic (exact) mass is 370 g/mol. The summed E-state index contributed by atoms with van der Waals surface area (Å²) >= 11 is 8.97. The molecule has 0 aliphatic carbocycles. The minimum Gasteiger partial charge on any atom is -0.506 e. The second-order valence-electron chi connectivity index (χ2n) is 4.00. The third kappa shape index (κ3) is 3.80. The van der Waals surface area contributed by atoms with Gasteiger partial charge in [0.15, 0.2) is 0 Å². The number of carbonyl (C=O) groups is 1. The number of phenolic OH excluding ortho intramolecular Hbond substituents is 1. The van der Waals surface area contributed by atoms with E-state index in [0.29, 0.717) is 15.1 Å². The fraction of sp³-hybridized carbons (Fsp3) is 0. The van der Waals surface area contributed by atoms with E-state index < -0.39 is 11.7 Å². The lowest BCUT2D eigenvalue weighted by atomic mass is 10.2. The number of hydrogen-bond donors (Lipinski definition) is 2. The molecule has 0 heterocycles. The molecule has 0 bridgehead atoms. The minimum absolute atomic E-state index is 0.0664. The predicted molar refractivity (Wildman–Crippen MR) is 82.3 cm³/mol. The lowest BCUT2D eigenvalue weighted by molar-refractivity contribution is 0.0951. The molecule has 1 amide bonds. The Kier molecular flexibility index (Phi) is 4.93. The molecule has 0 fully saturated rings. The van der Waals surface area contributed by atoms with Gasteiger partial charge in [0.25, 0.3) is 5.91 Å². The molecular formula is C14H9BrClFN2O2. The summed E-state index contributed by atoms with van der Waals surface area (Å²) in [7, 11) is 0. The van der Waals surface area contributed by atoms with Crippen LogP contribution in [0.15, 0.2) is 46.0 Å². The van der Waals surface area contributed by atoms with Gasteiger partial charge in [0.05, 0.1) is 16.3 Å². The van der Waals surface area contributed by atoms with E-state index in [4.69, 9.17) is 11.6 Å². The van der Waals surface area contributed by atoms with Gasteiger partial charge in [-0.15, -0.1) is 0 Å². The SMILES string of the molecule is O=C(NN=Cc1cc(Cl)cc(Br)c1O)c1ccccc1F. The van der Waals surface area contributed by atoms with E-state index in [-0.39, 0.29) is 11.3 Å². The van der Waals surface area contributed by atoms with Gasteiger partial charge in [-0.1, -0.05) is 23.7 Å². The number of phenols is 1. The Morgan fingerprint density at radius 1 is 1.38 bits per heavy atom. The van der Waals surface area contributed by atoms with Crippen molar-refractivity contribution in [2.45, 2.75) is 0 Å². The first-order valence-electron chi connectivity index (χ1n) is 5.75. The number of amides is 1. The fourth-order valence-corrected chi connectivity index (χ4v) is 2.38. The second-order valence-corrected chi connectivity index (χ2v) is 5.30. The molecule has 0 saturated carbocycles. The van der Waals surface area contributed by atoms with Crippen LogP contribution in [0.4, 0.5) is 4.39 Å². The third-order valence-corrected chi connectivity index (χ3v) is 3.37. The summed E-state index contributed by atoms with van der Waals surface area (Å²) in [5.41, 5.74) is 2.36. The molecule has 0 aliphatic heterocycles. The molecule has 2 rings (SSSR count). The van der Waals surface area contributed by atoms with E-state index in [2.05, 4.69) is 26.5 Å². The number of hydrazone groups is 1. The lowest BCUT2D eigenvalue weighted by Gasteiger charge is -2.03. The van der Waals surface area contributed by atoms with Gasteiger partial charge in [0, 0.05) is 10.6 Å². The molecular weight excluding hydrogens is 363 g/mol. The zero-order valence-corrected chi connectivity index (χ0v) is 12.8. The molecule has 0 aliphatic rings. The summed E-state index contributed by atoms with van der Waals surface area (Å²) < 4.78 is 13.8. The second kappa shape index (κ2) is 6.69. The van der Waals surface area contributed by atoms with E-state index in [1.807, 2.05) is 0 Å². The van der Waals surface area contributed by atoms with Crippen LogP contribution in [0.25, 0.3) is 0 Å². The van der Waals surface area contributed by atoms with Crippen molar-refractivity contribution in [3.05, 3.63) is 62.8 Å². The number of aromatic hydroxyl groups is 1. The summed E-state index contributed by atoms with van der Waals surface area (Å²) in [6.07, 6.45) is 1.21. The van der Waals surface area contributed by atoms with Gasteiger partial charge in [-0.05, 0) is 40.2 Å². The van der Waals surface area contributed by atoms with Crippen molar-refractivity contribution in [1.29, 1.82) is 0 Å². The zero-order chi connectivity index (χ0) is 15.4. The van der Waals surface area contributed by atoms with Crippen LogP contribution in [0.1, 0.15) is 15.9 Å². The van der Waals surface area contributed by atoms with Gasteiger partial charge < -0.3 is 5.11 Å². The van der Waals surface area contributed by atoms with Crippen LogP contribution >= 0.6 is 27.5 Å². The van der Waals surface area contributed by atoms with Gasteiger partial charge in [-0.3, -0.25) is 4.79 Å². The Hall–Kier alpha value is -1.92.